The first-order chi connectivity index (χ1) is 9.83. The van der Waals surface area contributed by atoms with Gasteiger partial charge in [-0.3, -0.25) is 0 Å². The summed E-state index contributed by atoms with van der Waals surface area (Å²) in [6.07, 6.45) is 0. The molecule has 20 heavy (non-hydrogen) atoms. The van der Waals surface area contributed by atoms with Crippen molar-refractivity contribution in [1.82, 2.24) is 0 Å². The Morgan fingerprint density at radius 2 is 1.35 bits per heavy atom. The second kappa shape index (κ2) is 7.45. The molecule has 2 aromatic carbocycles. The van der Waals surface area contributed by atoms with E-state index in [-0.39, 0.29) is 5.70 Å². The molecule has 0 saturated heterocycles. The summed E-state index contributed by atoms with van der Waals surface area (Å²) in [4.78, 5) is 5.36. The predicted molar refractivity (Wildman–Crippen MR) is 83.8 cm³/mol. The average molecular weight is 294 g/mol. The minimum Gasteiger partial charge on any atom is -0.225 e. The van der Waals surface area contributed by atoms with Crippen LogP contribution in [0.1, 0.15) is 0 Å². The summed E-state index contributed by atoms with van der Waals surface area (Å²) in [5.74, 6) is 0. The van der Waals surface area contributed by atoms with Crippen molar-refractivity contribution in [3.8, 4) is 6.07 Å². The SMILES string of the molecule is [C-]#[N+]C(C#N)=C(Sc1ccccc1)Sc1ccccc1. The van der Waals surface area contributed by atoms with Crippen molar-refractivity contribution < 1.29 is 0 Å². The van der Waals surface area contributed by atoms with Crippen LogP contribution in [0.15, 0.2) is 80.4 Å². The van der Waals surface area contributed by atoms with E-state index < -0.39 is 0 Å². The highest BCUT2D eigenvalue weighted by atomic mass is 32.2. The van der Waals surface area contributed by atoms with E-state index in [1.165, 1.54) is 23.5 Å². The fourth-order valence-electron chi connectivity index (χ4n) is 1.42. The molecule has 0 fully saturated rings. The normalized spacial score (nSPS) is 9.30. The van der Waals surface area contributed by atoms with Crippen molar-refractivity contribution in [3.63, 3.8) is 0 Å². The van der Waals surface area contributed by atoms with Crippen LogP contribution in [0.4, 0.5) is 0 Å². The molecule has 2 rings (SSSR count). The van der Waals surface area contributed by atoms with Crippen LogP contribution in [0.5, 0.6) is 0 Å². The molecule has 0 aliphatic heterocycles. The standard InChI is InChI=1S/C16H10N2S2/c1-18-15(12-17)16(19-13-8-4-2-5-9-13)20-14-10-6-3-7-11-14/h2-11H. The fraction of sp³-hybridized carbons (Fsp3) is 0. The molecule has 0 saturated carbocycles. The van der Waals surface area contributed by atoms with Gasteiger partial charge in [-0.2, -0.15) is 0 Å². The molecule has 0 bridgehead atoms. The summed E-state index contributed by atoms with van der Waals surface area (Å²) in [5.41, 5.74) is 0.132. The van der Waals surface area contributed by atoms with Gasteiger partial charge in [0.1, 0.15) is 0 Å². The summed E-state index contributed by atoms with van der Waals surface area (Å²) in [5, 5.41) is 9.10. The number of nitrogens with zero attached hydrogens (tertiary/aromatic N) is 2. The molecule has 2 nitrogen and oxygen atoms in total. The first-order valence-electron chi connectivity index (χ1n) is 5.81. The van der Waals surface area contributed by atoms with Gasteiger partial charge in [0.25, 0.3) is 5.70 Å². The highest BCUT2D eigenvalue weighted by Gasteiger charge is 2.10. The van der Waals surface area contributed by atoms with Gasteiger partial charge in [-0.05, 0) is 24.3 Å². The molecule has 96 valence electrons. The number of allylic oxidation sites excluding steroid dienone is 1. The fourth-order valence-corrected chi connectivity index (χ4v) is 3.56. The van der Waals surface area contributed by atoms with Crippen LogP contribution in [-0.2, 0) is 0 Å². The smallest absolute Gasteiger partial charge is 0.225 e. The lowest BCUT2D eigenvalue weighted by atomic mass is 10.4. The summed E-state index contributed by atoms with van der Waals surface area (Å²) in [7, 11) is 0. The Morgan fingerprint density at radius 3 is 1.70 bits per heavy atom. The molecule has 4 heteroatoms. The van der Waals surface area contributed by atoms with Gasteiger partial charge in [0.15, 0.2) is 0 Å². The quantitative estimate of drug-likeness (QED) is 0.441. The Kier molecular flexibility index (Phi) is 5.32. The number of rotatable bonds is 4. The molecule has 0 unspecified atom stereocenters. The number of benzene rings is 2. The Bertz CT molecular complexity index is 620. The van der Waals surface area contributed by atoms with Crippen molar-refractivity contribution in [1.29, 1.82) is 5.26 Å². The van der Waals surface area contributed by atoms with Crippen LogP contribution in [0, 0.1) is 17.9 Å². The number of hydrogen-bond donors (Lipinski definition) is 0. The van der Waals surface area contributed by atoms with Gasteiger partial charge in [0.05, 0.1) is 16.9 Å². The van der Waals surface area contributed by atoms with E-state index in [0.29, 0.717) is 4.24 Å². The van der Waals surface area contributed by atoms with Gasteiger partial charge < -0.3 is 0 Å². The Morgan fingerprint density at radius 1 is 0.900 bits per heavy atom. The first kappa shape index (κ1) is 14.3. The molecule has 0 aliphatic rings. The Balaban J connectivity index is 2.30. The third kappa shape index (κ3) is 3.93. The second-order valence-corrected chi connectivity index (χ2v) is 6.12. The van der Waals surface area contributed by atoms with Gasteiger partial charge in [-0.1, -0.05) is 59.9 Å². The van der Waals surface area contributed by atoms with Gasteiger partial charge in [-0.15, -0.1) is 0 Å². The first-order valence-corrected chi connectivity index (χ1v) is 7.44. The van der Waals surface area contributed by atoms with Crippen molar-refractivity contribution in [3.05, 3.63) is 82.0 Å². The van der Waals surface area contributed by atoms with Crippen LogP contribution in [0.2, 0.25) is 0 Å². The Hall–Kier alpha value is -2.14. The minimum absolute atomic E-state index is 0.132. The highest BCUT2D eigenvalue weighted by Crippen LogP contribution is 2.41. The summed E-state index contributed by atoms with van der Waals surface area (Å²) >= 11 is 2.89. The molecular weight excluding hydrogens is 284 g/mol. The molecule has 2 aromatic rings. The maximum atomic E-state index is 9.10. The van der Waals surface area contributed by atoms with E-state index in [0.717, 1.165) is 9.79 Å². The number of hydrogen-bond acceptors (Lipinski definition) is 3. The van der Waals surface area contributed by atoms with E-state index in [1.54, 1.807) is 0 Å². The van der Waals surface area contributed by atoms with E-state index in [1.807, 2.05) is 66.7 Å². The van der Waals surface area contributed by atoms with Crippen LogP contribution < -0.4 is 0 Å². The average Bonchev–Trinajstić information content (AvgIpc) is 2.50. The van der Waals surface area contributed by atoms with Gasteiger partial charge >= 0.3 is 0 Å². The van der Waals surface area contributed by atoms with Gasteiger partial charge in [-0.25, -0.2) is 10.1 Å². The van der Waals surface area contributed by atoms with E-state index in [4.69, 9.17) is 11.8 Å². The molecule has 0 amide bonds. The lowest BCUT2D eigenvalue weighted by molar-refractivity contribution is 1.46. The van der Waals surface area contributed by atoms with Gasteiger partial charge in [0, 0.05) is 9.79 Å². The van der Waals surface area contributed by atoms with Crippen LogP contribution >= 0.6 is 23.5 Å². The molecule has 0 aromatic heterocycles. The molecule has 0 radical (unpaired) electrons. The van der Waals surface area contributed by atoms with Gasteiger partial charge in [0.2, 0.25) is 0 Å². The van der Waals surface area contributed by atoms with Crippen LogP contribution in [0.25, 0.3) is 4.85 Å². The van der Waals surface area contributed by atoms with E-state index in [9.17, 15) is 0 Å². The topological polar surface area (TPSA) is 28.1 Å². The molecule has 0 aliphatic carbocycles. The molecule has 0 spiro atoms. The predicted octanol–water partition coefficient (Wildman–Crippen LogP) is 5.18. The molecule has 0 N–H and O–H groups in total. The largest absolute Gasteiger partial charge is 0.282 e. The summed E-state index contributed by atoms with van der Waals surface area (Å²) in [6.45, 7) is 7.14. The summed E-state index contributed by atoms with van der Waals surface area (Å²) in [6, 6.07) is 21.5. The number of nitriles is 1. The van der Waals surface area contributed by atoms with E-state index in [2.05, 4.69) is 4.85 Å². The van der Waals surface area contributed by atoms with Crippen molar-refractivity contribution >= 4 is 23.5 Å². The third-order valence-electron chi connectivity index (χ3n) is 2.32. The minimum atomic E-state index is 0.132. The lowest BCUT2D eigenvalue weighted by Crippen LogP contribution is -1.80. The third-order valence-corrected chi connectivity index (χ3v) is 4.59. The second-order valence-electron chi connectivity index (χ2n) is 3.69. The molecule has 0 atom stereocenters. The Labute approximate surface area is 127 Å². The van der Waals surface area contributed by atoms with E-state index >= 15 is 0 Å². The van der Waals surface area contributed by atoms with Crippen LogP contribution in [-0.4, -0.2) is 0 Å². The molecule has 0 heterocycles. The number of thioether (sulfide) groups is 2. The van der Waals surface area contributed by atoms with Crippen molar-refractivity contribution in [2.24, 2.45) is 0 Å². The molecular formula is C16H10N2S2. The lowest BCUT2D eigenvalue weighted by Gasteiger charge is -2.07. The maximum absolute atomic E-state index is 9.10. The monoisotopic (exact) mass is 294 g/mol. The van der Waals surface area contributed by atoms with Crippen molar-refractivity contribution in [2.45, 2.75) is 9.79 Å². The zero-order valence-corrected chi connectivity index (χ0v) is 12.1. The summed E-state index contributed by atoms with van der Waals surface area (Å²) < 4.78 is 0.708. The van der Waals surface area contributed by atoms with Crippen molar-refractivity contribution in [2.75, 3.05) is 0 Å². The zero-order chi connectivity index (χ0) is 14.2. The van der Waals surface area contributed by atoms with Crippen LogP contribution in [0.3, 0.4) is 0 Å². The zero-order valence-electron chi connectivity index (χ0n) is 10.5. The highest BCUT2D eigenvalue weighted by molar-refractivity contribution is 8.22. The maximum Gasteiger partial charge on any atom is 0.282 e.